The maximum Gasteiger partial charge on any atom is 0.264 e. The molecule has 4 N–H and O–H groups in total. The summed E-state index contributed by atoms with van der Waals surface area (Å²) in [4.78, 5) is 1.88. The van der Waals surface area contributed by atoms with Crippen LogP contribution in [-0.2, 0) is 19.5 Å². The highest BCUT2D eigenvalue weighted by Gasteiger charge is 2.29. The molecule has 118 valence electrons. The minimum Gasteiger partial charge on any atom is -0.347 e. The van der Waals surface area contributed by atoms with Gasteiger partial charge >= 0.3 is 0 Å². The topological polar surface area (TPSA) is 120 Å². The van der Waals surface area contributed by atoms with Crippen molar-refractivity contribution in [2.75, 3.05) is 18.6 Å². The van der Waals surface area contributed by atoms with Gasteiger partial charge in [0.15, 0.2) is 5.11 Å². The van der Waals surface area contributed by atoms with Crippen LogP contribution in [0, 0.1) is 0 Å². The number of nitrogens with zero attached hydrogens (tertiary/aromatic N) is 1. The molecule has 0 saturated carbocycles. The van der Waals surface area contributed by atoms with Crippen LogP contribution in [0.1, 0.15) is 12.8 Å². The van der Waals surface area contributed by atoms with Crippen molar-refractivity contribution in [1.82, 2.24) is 15.5 Å². The van der Waals surface area contributed by atoms with Crippen LogP contribution in [0.15, 0.2) is 0 Å². The lowest BCUT2D eigenvalue weighted by molar-refractivity contribution is -0.432. The second-order valence-electron chi connectivity index (χ2n) is 4.14. The van der Waals surface area contributed by atoms with Crippen molar-refractivity contribution >= 4 is 39.5 Å². The Morgan fingerprint density at radius 1 is 1.40 bits per heavy atom. The quantitative estimate of drug-likeness (QED) is 0.116. The van der Waals surface area contributed by atoms with Gasteiger partial charge in [-0.2, -0.15) is 8.42 Å². The maximum atomic E-state index is 10.8. The minimum absolute atomic E-state index is 0.120. The molecular formula is C8H17N3O6S3. The molecular weight excluding hydrogens is 330 g/mol. The molecule has 0 bridgehead atoms. The Bertz CT molecular complexity index is 420. The Labute approximate surface area is 126 Å². The van der Waals surface area contributed by atoms with Gasteiger partial charge < -0.3 is 10.6 Å². The normalized spacial score (nSPS) is 24.2. The molecule has 9 nitrogen and oxygen atoms in total. The molecule has 0 aromatic heterocycles. The Hall–Kier alpha value is -0.210. The number of thiocarbonyl (C=S) groups is 1. The molecule has 0 radical (unpaired) electrons. The summed E-state index contributed by atoms with van der Waals surface area (Å²) in [6, 6.07) is 0. The van der Waals surface area contributed by atoms with E-state index in [0.29, 0.717) is 17.3 Å². The standard InChI is InChI=1S/C8H17N3O6S3/c1-11-6(2-4-19-17-16-12)9-8(18)10-7(11)3-5-20(13,14)15/h6-7,12H,2-5H2,1H3,(H2,9,10,18)(H,13,14,15). The summed E-state index contributed by atoms with van der Waals surface area (Å²) in [5.41, 5.74) is 0. The number of hydrogen-bond acceptors (Lipinski definition) is 8. The van der Waals surface area contributed by atoms with Gasteiger partial charge in [-0.25, -0.2) is 5.26 Å². The average molecular weight is 347 g/mol. The number of nitrogens with one attached hydrogen (secondary N) is 2. The van der Waals surface area contributed by atoms with Crippen LogP contribution in [-0.4, -0.2) is 59.1 Å². The molecule has 1 aliphatic heterocycles. The summed E-state index contributed by atoms with van der Waals surface area (Å²) in [6.45, 7) is 0. The zero-order valence-corrected chi connectivity index (χ0v) is 13.1. The minimum atomic E-state index is -4.00. The molecule has 1 fully saturated rings. The molecule has 1 rings (SSSR count). The highest BCUT2D eigenvalue weighted by atomic mass is 32.2. The second kappa shape index (κ2) is 8.29. The third-order valence-electron chi connectivity index (χ3n) is 2.78. The average Bonchev–Trinajstić information content (AvgIpc) is 2.35. The SMILES string of the molecule is CN1C(CCSOOO)NC(=S)NC1CCS(=O)(=O)O. The van der Waals surface area contributed by atoms with Crippen LogP contribution in [0.3, 0.4) is 0 Å². The highest BCUT2D eigenvalue weighted by molar-refractivity contribution is 7.94. The number of rotatable bonds is 8. The Kier molecular flexibility index (Phi) is 7.39. The summed E-state index contributed by atoms with van der Waals surface area (Å²) in [5.74, 6) is 0.177. The fourth-order valence-corrected chi connectivity index (χ4v) is 3.02. The van der Waals surface area contributed by atoms with Gasteiger partial charge in [-0.1, -0.05) is 5.04 Å². The van der Waals surface area contributed by atoms with E-state index in [2.05, 4.69) is 20.0 Å². The predicted octanol–water partition coefficient (Wildman–Crippen LogP) is -0.214. The van der Waals surface area contributed by atoms with E-state index in [0.717, 1.165) is 12.0 Å². The Balaban J connectivity index is 2.49. The van der Waals surface area contributed by atoms with E-state index >= 15 is 0 Å². The van der Waals surface area contributed by atoms with E-state index in [9.17, 15) is 8.42 Å². The van der Waals surface area contributed by atoms with Crippen LogP contribution in [0.25, 0.3) is 0 Å². The van der Waals surface area contributed by atoms with E-state index in [1.807, 2.05) is 4.90 Å². The summed E-state index contributed by atoms with van der Waals surface area (Å²) < 4.78 is 34.6. The first kappa shape index (κ1) is 17.8. The molecule has 1 aliphatic rings. The van der Waals surface area contributed by atoms with Gasteiger partial charge in [0.25, 0.3) is 10.1 Å². The van der Waals surface area contributed by atoms with Crippen molar-refractivity contribution in [3.63, 3.8) is 0 Å². The lowest BCUT2D eigenvalue weighted by Crippen LogP contribution is -2.65. The van der Waals surface area contributed by atoms with Gasteiger partial charge in [0.2, 0.25) is 0 Å². The Morgan fingerprint density at radius 2 is 2.00 bits per heavy atom. The van der Waals surface area contributed by atoms with E-state index in [1.54, 1.807) is 7.05 Å². The third kappa shape index (κ3) is 6.49. The number of hydrogen-bond donors (Lipinski definition) is 4. The van der Waals surface area contributed by atoms with Crippen LogP contribution in [0.5, 0.6) is 0 Å². The first-order chi connectivity index (χ1) is 9.33. The zero-order valence-electron chi connectivity index (χ0n) is 10.7. The molecule has 2 unspecified atom stereocenters. The van der Waals surface area contributed by atoms with Crippen molar-refractivity contribution in [3.05, 3.63) is 0 Å². The molecule has 12 heteroatoms. The molecule has 1 saturated heterocycles. The molecule has 0 aromatic rings. The fourth-order valence-electron chi connectivity index (χ4n) is 1.79. The maximum absolute atomic E-state index is 10.8. The summed E-state index contributed by atoms with van der Waals surface area (Å²) in [6.07, 6.45) is 0.409. The van der Waals surface area contributed by atoms with Crippen molar-refractivity contribution < 1.29 is 27.6 Å². The van der Waals surface area contributed by atoms with E-state index in [-0.39, 0.29) is 24.5 Å². The summed E-state index contributed by atoms with van der Waals surface area (Å²) >= 11 is 5.99. The van der Waals surface area contributed by atoms with Crippen molar-refractivity contribution in [1.29, 1.82) is 0 Å². The zero-order chi connectivity index (χ0) is 15.2. The van der Waals surface area contributed by atoms with Crippen LogP contribution >= 0.6 is 24.3 Å². The first-order valence-corrected chi connectivity index (χ1v) is 8.60. The van der Waals surface area contributed by atoms with E-state index in [1.165, 1.54) is 0 Å². The Morgan fingerprint density at radius 3 is 2.55 bits per heavy atom. The van der Waals surface area contributed by atoms with Gasteiger partial charge in [0, 0.05) is 17.8 Å². The van der Waals surface area contributed by atoms with Crippen molar-refractivity contribution in [2.24, 2.45) is 0 Å². The predicted molar refractivity (Wildman–Crippen MR) is 77.1 cm³/mol. The summed E-state index contributed by atoms with van der Waals surface area (Å²) in [7, 11) is -2.20. The van der Waals surface area contributed by atoms with Gasteiger partial charge in [0.05, 0.1) is 18.1 Å². The third-order valence-corrected chi connectivity index (χ3v) is 4.33. The van der Waals surface area contributed by atoms with E-state index in [4.69, 9.17) is 22.0 Å². The van der Waals surface area contributed by atoms with Gasteiger partial charge in [-0.05, 0) is 32.1 Å². The largest absolute Gasteiger partial charge is 0.347 e. The first-order valence-electron chi connectivity index (χ1n) is 5.67. The molecule has 20 heavy (non-hydrogen) atoms. The second-order valence-corrected chi connectivity index (χ2v) is 6.90. The lowest BCUT2D eigenvalue weighted by atomic mass is 10.2. The van der Waals surface area contributed by atoms with Gasteiger partial charge in [-0.15, -0.1) is 4.33 Å². The van der Waals surface area contributed by atoms with E-state index < -0.39 is 10.1 Å². The van der Waals surface area contributed by atoms with Crippen LogP contribution < -0.4 is 10.6 Å². The highest BCUT2D eigenvalue weighted by Crippen LogP contribution is 2.14. The molecule has 0 amide bonds. The van der Waals surface area contributed by atoms with Gasteiger partial charge in [-0.3, -0.25) is 9.45 Å². The van der Waals surface area contributed by atoms with Gasteiger partial charge in [0.1, 0.15) is 0 Å². The molecule has 1 heterocycles. The smallest absolute Gasteiger partial charge is 0.264 e. The monoisotopic (exact) mass is 347 g/mol. The fraction of sp³-hybridized carbons (Fsp3) is 0.875. The molecule has 2 atom stereocenters. The molecule has 0 aromatic carbocycles. The van der Waals surface area contributed by atoms with Crippen LogP contribution in [0.2, 0.25) is 0 Å². The molecule has 0 aliphatic carbocycles. The molecule has 0 spiro atoms. The van der Waals surface area contributed by atoms with Crippen molar-refractivity contribution in [3.8, 4) is 0 Å². The summed E-state index contributed by atoms with van der Waals surface area (Å²) in [5, 5.41) is 17.9. The van der Waals surface area contributed by atoms with Crippen LogP contribution in [0.4, 0.5) is 0 Å². The lowest BCUT2D eigenvalue weighted by Gasteiger charge is -2.41. The van der Waals surface area contributed by atoms with Crippen molar-refractivity contribution in [2.45, 2.75) is 25.2 Å².